The highest BCUT2D eigenvalue weighted by Gasteiger charge is 2.31. The Balaban J connectivity index is 1.97. The SMILES string of the molecule is CCOC(=O)C1CNCCN1c1cccc2nccn12. The van der Waals surface area contributed by atoms with Crippen LogP contribution in [0.1, 0.15) is 6.92 Å². The number of hydrogen-bond acceptors (Lipinski definition) is 5. The minimum absolute atomic E-state index is 0.184. The van der Waals surface area contributed by atoms with Gasteiger partial charge in [0.1, 0.15) is 17.5 Å². The van der Waals surface area contributed by atoms with Crippen molar-refractivity contribution in [3.63, 3.8) is 0 Å². The second-order valence-electron chi connectivity index (χ2n) is 4.70. The molecule has 6 heteroatoms. The minimum atomic E-state index is -0.295. The number of aromatic nitrogens is 2. The smallest absolute Gasteiger partial charge is 0.330 e. The van der Waals surface area contributed by atoms with E-state index in [2.05, 4.69) is 15.2 Å². The predicted molar refractivity (Wildman–Crippen MR) is 75.8 cm³/mol. The molecule has 2 aromatic rings. The van der Waals surface area contributed by atoms with Gasteiger partial charge in [-0.3, -0.25) is 4.40 Å². The first kappa shape index (κ1) is 12.9. The third-order valence-electron chi connectivity index (χ3n) is 3.50. The van der Waals surface area contributed by atoms with Crippen LogP contribution in [0.5, 0.6) is 0 Å². The lowest BCUT2D eigenvalue weighted by molar-refractivity contribution is -0.144. The summed E-state index contributed by atoms with van der Waals surface area (Å²) in [5.74, 6) is 0.788. The Morgan fingerprint density at radius 2 is 2.45 bits per heavy atom. The van der Waals surface area contributed by atoms with E-state index in [1.165, 1.54) is 0 Å². The van der Waals surface area contributed by atoms with Gasteiger partial charge in [0.25, 0.3) is 0 Å². The van der Waals surface area contributed by atoms with Crippen molar-refractivity contribution in [2.24, 2.45) is 0 Å². The number of ether oxygens (including phenoxy) is 1. The zero-order valence-corrected chi connectivity index (χ0v) is 11.5. The second kappa shape index (κ2) is 5.50. The summed E-state index contributed by atoms with van der Waals surface area (Å²) in [6, 6.07) is 5.62. The quantitative estimate of drug-likeness (QED) is 0.834. The standard InChI is InChI=1S/C14H18N4O2/c1-2-20-14(19)11-10-15-6-8-17(11)13-5-3-4-12-16-7-9-18(12)13/h3-5,7,9,11,15H,2,6,8,10H2,1H3. The third kappa shape index (κ3) is 2.22. The van der Waals surface area contributed by atoms with Crippen LogP contribution in [-0.4, -0.2) is 47.6 Å². The fourth-order valence-corrected chi connectivity index (χ4v) is 2.59. The number of imidazole rings is 1. The highest BCUT2D eigenvalue weighted by Crippen LogP contribution is 2.20. The molecule has 106 valence electrons. The molecule has 6 nitrogen and oxygen atoms in total. The molecule has 0 amide bonds. The number of anilines is 1. The molecule has 3 heterocycles. The molecule has 1 unspecified atom stereocenters. The van der Waals surface area contributed by atoms with Crippen LogP contribution in [0.4, 0.5) is 5.82 Å². The monoisotopic (exact) mass is 274 g/mol. The molecule has 0 aliphatic carbocycles. The van der Waals surface area contributed by atoms with Crippen LogP contribution < -0.4 is 10.2 Å². The van der Waals surface area contributed by atoms with Gasteiger partial charge < -0.3 is 15.0 Å². The van der Waals surface area contributed by atoms with Crippen molar-refractivity contribution < 1.29 is 9.53 Å². The molecule has 0 saturated carbocycles. The van der Waals surface area contributed by atoms with E-state index in [1.807, 2.05) is 35.7 Å². The summed E-state index contributed by atoms with van der Waals surface area (Å²) in [5.41, 5.74) is 0.878. The van der Waals surface area contributed by atoms with Crippen LogP contribution >= 0.6 is 0 Å². The van der Waals surface area contributed by atoms with Crippen LogP contribution in [0.3, 0.4) is 0 Å². The maximum atomic E-state index is 12.1. The number of nitrogens with zero attached hydrogens (tertiary/aromatic N) is 3. The lowest BCUT2D eigenvalue weighted by Crippen LogP contribution is -2.56. The Bertz CT molecular complexity index is 610. The molecule has 1 atom stereocenters. The molecule has 1 fully saturated rings. The fraction of sp³-hybridized carbons (Fsp3) is 0.429. The van der Waals surface area contributed by atoms with Crippen LogP contribution in [0.2, 0.25) is 0 Å². The molecule has 0 spiro atoms. The first-order valence-corrected chi connectivity index (χ1v) is 6.87. The van der Waals surface area contributed by atoms with E-state index in [-0.39, 0.29) is 12.0 Å². The number of hydrogen-bond donors (Lipinski definition) is 1. The molecule has 3 rings (SSSR count). The topological polar surface area (TPSA) is 58.9 Å². The van der Waals surface area contributed by atoms with Crippen molar-refractivity contribution in [2.75, 3.05) is 31.1 Å². The van der Waals surface area contributed by atoms with Crippen LogP contribution in [-0.2, 0) is 9.53 Å². The number of pyridine rings is 1. The molecular weight excluding hydrogens is 256 g/mol. The molecule has 20 heavy (non-hydrogen) atoms. The number of nitrogens with one attached hydrogen (secondary N) is 1. The maximum Gasteiger partial charge on any atom is 0.330 e. The largest absolute Gasteiger partial charge is 0.464 e. The highest BCUT2D eigenvalue weighted by molar-refractivity contribution is 5.80. The first-order chi connectivity index (χ1) is 9.81. The van der Waals surface area contributed by atoms with Gasteiger partial charge in [-0.2, -0.15) is 0 Å². The maximum absolute atomic E-state index is 12.1. The number of fused-ring (bicyclic) bond motifs is 1. The van der Waals surface area contributed by atoms with Gasteiger partial charge in [-0.05, 0) is 19.1 Å². The van der Waals surface area contributed by atoms with Crippen molar-refractivity contribution in [3.05, 3.63) is 30.6 Å². The zero-order valence-electron chi connectivity index (χ0n) is 11.5. The number of piperazine rings is 1. The molecule has 0 aromatic carbocycles. The summed E-state index contributed by atoms with van der Waals surface area (Å²) in [4.78, 5) is 18.5. The second-order valence-corrected chi connectivity index (χ2v) is 4.70. The van der Waals surface area contributed by atoms with Gasteiger partial charge in [-0.15, -0.1) is 0 Å². The van der Waals surface area contributed by atoms with Gasteiger partial charge in [0.2, 0.25) is 0 Å². The van der Waals surface area contributed by atoms with Crippen LogP contribution in [0.25, 0.3) is 5.65 Å². The van der Waals surface area contributed by atoms with E-state index in [1.54, 1.807) is 6.20 Å². The molecule has 1 aliphatic rings. The summed E-state index contributed by atoms with van der Waals surface area (Å²) >= 11 is 0. The van der Waals surface area contributed by atoms with E-state index in [0.717, 1.165) is 24.6 Å². The molecule has 1 saturated heterocycles. The first-order valence-electron chi connectivity index (χ1n) is 6.87. The lowest BCUT2D eigenvalue weighted by atomic mass is 10.2. The average Bonchev–Trinajstić information content (AvgIpc) is 2.96. The average molecular weight is 274 g/mol. The van der Waals surface area contributed by atoms with Crippen LogP contribution in [0.15, 0.2) is 30.6 Å². The van der Waals surface area contributed by atoms with Gasteiger partial charge in [-0.1, -0.05) is 6.07 Å². The van der Waals surface area contributed by atoms with E-state index >= 15 is 0 Å². The van der Waals surface area contributed by atoms with Crippen molar-refractivity contribution >= 4 is 17.4 Å². The van der Waals surface area contributed by atoms with E-state index < -0.39 is 0 Å². The third-order valence-corrected chi connectivity index (χ3v) is 3.50. The minimum Gasteiger partial charge on any atom is -0.464 e. The van der Waals surface area contributed by atoms with E-state index in [0.29, 0.717) is 13.2 Å². The molecule has 1 N–H and O–H groups in total. The van der Waals surface area contributed by atoms with Gasteiger partial charge in [-0.25, -0.2) is 9.78 Å². The summed E-state index contributed by atoms with van der Waals surface area (Å²) in [6.45, 7) is 4.44. The van der Waals surface area contributed by atoms with Gasteiger partial charge >= 0.3 is 5.97 Å². The molecule has 2 aromatic heterocycles. The van der Waals surface area contributed by atoms with Crippen molar-refractivity contribution in [1.82, 2.24) is 14.7 Å². The number of carbonyl (C=O) groups excluding carboxylic acids is 1. The fourth-order valence-electron chi connectivity index (χ4n) is 2.59. The Morgan fingerprint density at radius 3 is 3.30 bits per heavy atom. The summed E-state index contributed by atoms with van der Waals surface area (Å²) in [7, 11) is 0. The Hall–Kier alpha value is -2.08. The summed E-state index contributed by atoms with van der Waals surface area (Å²) < 4.78 is 7.18. The zero-order chi connectivity index (χ0) is 13.9. The van der Waals surface area contributed by atoms with E-state index in [9.17, 15) is 4.79 Å². The van der Waals surface area contributed by atoms with Gasteiger partial charge in [0.15, 0.2) is 0 Å². The van der Waals surface area contributed by atoms with Crippen LogP contribution in [0, 0.1) is 0 Å². The number of carbonyl (C=O) groups is 1. The van der Waals surface area contributed by atoms with Crippen molar-refractivity contribution in [1.29, 1.82) is 0 Å². The van der Waals surface area contributed by atoms with Crippen molar-refractivity contribution in [2.45, 2.75) is 13.0 Å². The molecule has 0 bridgehead atoms. The van der Waals surface area contributed by atoms with Crippen molar-refractivity contribution in [3.8, 4) is 0 Å². The summed E-state index contributed by atoms with van der Waals surface area (Å²) in [5, 5.41) is 3.25. The summed E-state index contributed by atoms with van der Waals surface area (Å²) in [6.07, 6.45) is 3.68. The predicted octanol–water partition coefficient (Wildman–Crippen LogP) is 0.676. The van der Waals surface area contributed by atoms with E-state index in [4.69, 9.17) is 4.74 Å². The molecule has 0 radical (unpaired) electrons. The normalized spacial score (nSPS) is 19.2. The lowest BCUT2D eigenvalue weighted by Gasteiger charge is -2.36. The van der Waals surface area contributed by atoms with Gasteiger partial charge in [0, 0.05) is 32.0 Å². The Morgan fingerprint density at radius 1 is 1.55 bits per heavy atom. The number of rotatable bonds is 3. The van der Waals surface area contributed by atoms with Gasteiger partial charge in [0.05, 0.1) is 6.61 Å². The molecular formula is C14H18N4O2. The Kier molecular flexibility index (Phi) is 3.56. The highest BCUT2D eigenvalue weighted by atomic mass is 16.5. The Labute approximate surface area is 117 Å². The molecule has 1 aliphatic heterocycles. The number of esters is 1.